The molecule has 0 aromatic rings. The predicted molar refractivity (Wildman–Crippen MR) is 71.8 cm³/mol. The average Bonchev–Trinajstić information content (AvgIpc) is 2.74. The van der Waals surface area contributed by atoms with Crippen LogP contribution in [-0.4, -0.2) is 18.3 Å². The molecule has 0 aromatic carbocycles. The minimum Gasteiger partial charge on any atom is -0.400 e. The summed E-state index contributed by atoms with van der Waals surface area (Å²) in [5.74, 6) is 0.744. The zero-order valence-corrected chi connectivity index (χ0v) is 11.9. The van der Waals surface area contributed by atoms with E-state index in [9.17, 15) is 0 Å². The first kappa shape index (κ1) is 13.2. The number of hydrogen-bond donors (Lipinski definition) is 0. The van der Waals surface area contributed by atoms with Gasteiger partial charge in [-0.25, -0.2) is 0 Å². The normalized spacial score (nSPS) is 29.0. The molecule has 0 atom stereocenters. The van der Waals surface area contributed by atoms with Crippen LogP contribution in [0, 0.1) is 5.92 Å². The molecule has 0 aromatic heterocycles. The van der Waals surface area contributed by atoms with E-state index in [1.54, 1.807) is 0 Å². The molecule has 0 unspecified atom stereocenters. The molecule has 0 amide bonds. The predicted octanol–water partition coefficient (Wildman–Crippen LogP) is 3.75. The summed E-state index contributed by atoms with van der Waals surface area (Å²) in [5.41, 5.74) is 0.806. The first-order chi connectivity index (χ1) is 7.82. The van der Waals surface area contributed by atoms with Crippen LogP contribution in [0.4, 0.5) is 0 Å². The van der Waals surface area contributed by atoms with Gasteiger partial charge in [-0.2, -0.15) is 0 Å². The third-order valence-corrected chi connectivity index (χ3v) is 4.52. The van der Waals surface area contributed by atoms with Gasteiger partial charge in [-0.1, -0.05) is 18.9 Å². The average molecular weight is 236 g/mol. The van der Waals surface area contributed by atoms with Gasteiger partial charge in [-0.15, -0.1) is 0 Å². The van der Waals surface area contributed by atoms with Gasteiger partial charge in [-0.3, -0.25) is 0 Å². The van der Waals surface area contributed by atoms with Crippen molar-refractivity contribution in [2.24, 2.45) is 5.92 Å². The second-order valence-electron chi connectivity index (χ2n) is 6.54. The van der Waals surface area contributed by atoms with Crippen LogP contribution in [0.1, 0.15) is 60.3 Å². The molecule has 2 nitrogen and oxygen atoms in total. The molecular weight excluding hydrogens is 211 g/mol. The van der Waals surface area contributed by atoms with Crippen molar-refractivity contribution in [3.8, 4) is 0 Å². The number of hydrogen-bond acceptors (Lipinski definition) is 2. The maximum Gasteiger partial charge on any atom is 0.489 e. The molecule has 96 valence electrons. The van der Waals surface area contributed by atoms with Crippen LogP contribution in [0.15, 0.2) is 11.5 Å². The molecule has 17 heavy (non-hydrogen) atoms. The Hall–Kier alpha value is -0.275. The summed E-state index contributed by atoms with van der Waals surface area (Å²) in [6.07, 6.45) is 7.78. The number of rotatable bonds is 2. The van der Waals surface area contributed by atoms with E-state index < -0.39 is 0 Å². The molecular formula is C14H25BO2. The Morgan fingerprint density at radius 1 is 1.06 bits per heavy atom. The van der Waals surface area contributed by atoms with Crippen molar-refractivity contribution in [1.29, 1.82) is 0 Å². The molecule has 1 aliphatic carbocycles. The quantitative estimate of drug-likeness (QED) is 0.679. The fraction of sp³-hybridized carbons (Fsp3) is 0.857. The highest BCUT2D eigenvalue weighted by atomic mass is 16.7. The van der Waals surface area contributed by atoms with Crippen LogP contribution < -0.4 is 0 Å². The molecule has 2 aliphatic rings. The van der Waals surface area contributed by atoms with E-state index in [2.05, 4.69) is 40.7 Å². The Kier molecular flexibility index (Phi) is 3.43. The van der Waals surface area contributed by atoms with Gasteiger partial charge in [0.05, 0.1) is 11.2 Å². The van der Waals surface area contributed by atoms with E-state index in [-0.39, 0.29) is 18.3 Å². The van der Waals surface area contributed by atoms with Crippen LogP contribution in [0.25, 0.3) is 0 Å². The molecule has 1 saturated carbocycles. The van der Waals surface area contributed by atoms with Crippen molar-refractivity contribution in [1.82, 2.24) is 0 Å². The first-order valence-electron chi connectivity index (χ1n) is 6.86. The Balaban J connectivity index is 2.04. The fourth-order valence-corrected chi connectivity index (χ4v) is 2.60. The highest BCUT2D eigenvalue weighted by Gasteiger charge is 2.51. The van der Waals surface area contributed by atoms with E-state index >= 15 is 0 Å². The van der Waals surface area contributed by atoms with Crippen molar-refractivity contribution in [3.63, 3.8) is 0 Å². The van der Waals surface area contributed by atoms with E-state index in [0.29, 0.717) is 0 Å². The Morgan fingerprint density at radius 3 is 2.00 bits per heavy atom. The first-order valence-corrected chi connectivity index (χ1v) is 6.86. The third-order valence-electron chi connectivity index (χ3n) is 4.52. The van der Waals surface area contributed by atoms with Crippen molar-refractivity contribution in [2.45, 2.75) is 71.5 Å². The van der Waals surface area contributed by atoms with Crippen LogP contribution in [0.2, 0.25) is 0 Å². The smallest absolute Gasteiger partial charge is 0.400 e. The zero-order valence-electron chi connectivity index (χ0n) is 11.9. The van der Waals surface area contributed by atoms with E-state index in [4.69, 9.17) is 9.31 Å². The lowest BCUT2D eigenvalue weighted by Gasteiger charge is -2.32. The van der Waals surface area contributed by atoms with Crippen LogP contribution in [-0.2, 0) is 9.31 Å². The van der Waals surface area contributed by atoms with E-state index in [1.807, 2.05) is 0 Å². The molecule has 0 bridgehead atoms. The highest BCUT2D eigenvalue weighted by Crippen LogP contribution is 2.39. The molecule has 0 radical (unpaired) electrons. The molecule has 0 N–H and O–H groups in total. The number of allylic oxidation sites excluding steroid dienone is 2. The van der Waals surface area contributed by atoms with E-state index in [1.165, 1.54) is 31.2 Å². The second-order valence-corrected chi connectivity index (χ2v) is 6.54. The van der Waals surface area contributed by atoms with Crippen molar-refractivity contribution >= 4 is 7.12 Å². The Morgan fingerprint density at radius 2 is 1.53 bits per heavy atom. The highest BCUT2D eigenvalue weighted by molar-refractivity contribution is 6.54. The van der Waals surface area contributed by atoms with Gasteiger partial charge >= 0.3 is 7.12 Å². The van der Waals surface area contributed by atoms with Gasteiger partial charge in [0.25, 0.3) is 0 Å². The summed E-state index contributed by atoms with van der Waals surface area (Å²) < 4.78 is 12.1. The molecule has 2 rings (SSSR count). The molecule has 1 aliphatic heterocycles. The lowest BCUT2D eigenvalue weighted by Crippen LogP contribution is -2.41. The summed E-state index contributed by atoms with van der Waals surface area (Å²) >= 11 is 0. The maximum absolute atomic E-state index is 6.05. The minimum absolute atomic E-state index is 0.152. The molecule has 3 heteroatoms. The van der Waals surface area contributed by atoms with Gasteiger partial charge < -0.3 is 9.31 Å². The monoisotopic (exact) mass is 236 g/mol. The minimum atomic E-state index is -0.220. The van der Waals surface area contributed by atoms with Gasteiger partial charge in [-0.05, 0) is 58.9 Å². The topological polar surface area (TPSA) is 18.5 Å². The van der Waals surface area contributed by atoms with Crippen molar-refractivity contribution in [2.75, 3.05) is 0 Å². The Labute approximate surface area is 106 Å². The summed E-state index contributed by atoms with van der Waals surface area (Å²) in [4.78, 5) is 0. The van der Waals surface area contributed by atoms with Gasteiger partial charge in [0.2, 0.25) is 0 Å². The van der Waals surface area contributed by atoms with Crippen LogP contribution in [0.5, 0.6) is 0 Å². The lowest BCUT2D eigenvalue weighted by atomic mass is 9.77. The van der Waals surface area contributed by atoms with Crippen LogP contribution >= 0.6 is 0 Å². The Bertz CT molecular complexity index is 298. The van der Waals surface area contributed by atoms with E-state index in [0.717, 1.165) is 5.92 Å². The van der Waals surface area contributed by atoms with Crippen molar-refractivity contribution < 1.29 is 9.31 Å². The fourth-order valence-electron chi connectivity index (χ4n) is 2.60. The van der Waals surface area contributed by atoms with Gasteiger partial charge in [0, 0.05) is 0 Å². The SMILES string of the molecule is C/C(=C/C1CCCC1)B1OC(C)(C)C(C)(C)O1. The molecule has 1 heterocycles. The summed E-state index contributed by atoms with van der Waals surface area (Å²) in [5, 5.41) is 0. The molecule has 1 saturated heterocycles. The summed E-state index contributed by atoms with van der Waals surface area (Å²) in [7, 11) is -0.152. The van der Waals surface area contributed by atoms with Gasteiger partial charge in [0.1, 0.15) is 0 Å². The maximum atomic E-state index is 6.05. The lowest BCUT2D eigenvalue weighted by molar-refractivity contribution is 0.00578. The van der Waals surface area contributed by atoms with Gasteiger partial charge in [0.15, 0.2) is 0 Å². The standard InChI is InChI=1S/C14H25BO2/c1-11(10-12-8-6-7-9-12)15-16-13(2,3)14(4,5)17-15/h10,12H,6-9H2,1-5H3/b11-10-. The van der Waals surface area contributed by atoms with Crippen molar-refractivity contribution in [3.05, 3.63) is 11.5 Å². The zero-order chi connectivity index (χ0) is 12.7. The third kappa shape index (κ3) is 2.60. The van der Waals surface area contributed by atoms with Crippen LogP contribution in [0.3, 0.4) is 0 Å². The largest absolute Gasteiger partial charge is 0.489 e. The summed E-state index contributed by atoms with van der Waals surface area (Å²) in [6, 6.07) is 0. The molecule has 0 spiro atoms. The molecule has 2 fully saturated rings. The summed E-state index contributed by atoms with van der Waals surface area (Å²) in [6.45, 7) is 10.6. The second kappa shape index (κ2) is 4.44.